The SMILES string of the molecule is O=C(c1ccccc1)N(CCCNc1cc(=O)oc2ccccc12)Cc1ccccc1. The molecule has 0 aliphatic rings. The monoisotopic (exact) mass is 412 g/mol. The lowest BCUT2D eigenvalue weighted by molar-refractivity contribution is 0.0742. The van der Waals surface area contributed by atoms with Crippen LogP contribution in [-0.4, -0.2) is 23.9 Å². The van der Waals surface area contributed by atoms with Gasteiger partial charge >= 0.3 is 5.63 Å². The summed E-state index contributed by atoms with van der Waals surface area (Å²) in [6.45, 7) is 1.77. The van der Waals surface area contributed by atoms with Gasteiger partial charge < -0.3 is 14.6 Å². The van der Waals surface area contributed by atoms with E-state index >= 15 is 0 Å². The average molecular weight is 412 g/mol. The summed E-state index contributed by atoms with van der Waals surface area (Å²) in [5, 5.41) is 4.19. The van der Waals surface area contributed by atoms with Crippen LogP contribution in [0.25, 0.3) is 11.0 Å². The zero-order valence-electron chi connectivity index (χ0n) is 17.2. The van der Waals surface area contributed by atoms with Gasteiger partial charge in [-0.05, 0) is 36.2 Å². The van der Waals surface area contributed by atoms with Crippen molar-refractivity contribution < 1.29 is 9.21 Å². The van der Waals surface area contributed by atoms with E-state index in [-0.39, 0.29) is 11.5 Å². The highest BCUT2D eigenvalue weighted by Crippen LogP contribution is 2.21. The summed E-state index contributed by atoms with van der Waals surface area (Å²) in [5.41, 5.74) is 2.69. The van der Waals surface area contributed by atoms with Crippen molar-refractivity contribution in [2.75, 3.05) is 18.4 Å². The zero-order chi connectivity index (χ0) is 21.5. The van der Waals surface area contributed by atoms with Gasteiger partial charge in [-0.15, -0.1) is 0 Å². The molecule has 156 valence electrons. The minimum atomic E-state index is -0.383. The largest absolute Gasteiger partial charge is 0.423 e. The lowest BCUT2D eigenvalue weighted by Crippen LogP contribution is -2.32. The Labute approximate surface area is 180 Å². The molecule has 0 spiro atoms. The fourth-order valence-electron chi connectivity index (χ4n) is 3.57. The topological polar surface area (TPSA) is 62.6 Å². The molecule has 0 radical (unpaired) electrons. The van der Waals surface area contributed by atoms with Crippen LogP contribution in [0.2, 0.25) is 0 Å². The molecule has 1 aromatic heterocycles. The van der Waals surface area contributed by atoms with Crippen LogP contribution in [0.5, 0.6) is 0 Å². The summed E-state index contributed by atoms with van der Waals surface area (Å²) in [6, 6.07) is 28.2. The molecule has 0 saturated carbocycles. The Balaban J connectivity index is 1.44. The number of amides is 1. The molecule has 0 aliphatic heterocycles. The van der Waals surface area contributed by atoms with Crippen molar-refractivity contribution >= 4 is 22.6 Å². The first kappa shape index (κ1) is 20.4. The van der Waals surface area contributed by atoms with Crippen LogP contribution in [0.4, 0.5) is 5.69 Å². The summed E-state index contributed by atoms with van der Waals surface area (Å²) >= 11 is 0. The standard InChI is InChI=1S/C26H24N2O3/c29-25-18-23(22-14-7-8-15-24(22)31-25)27-16-9-17-28(19-20-10-3-1-4-11-20)26(30)21-12-5-2-6-13-21/h1-8,10-15,18,27H,9,16-17,19H2. The van der Waals surface area contributed by atoms with Crippen molar-refractivity contribution in [2.45, 2.75) is 13.0 Å². The van der Waals surface area contributed by atoms with Gasteiger partial charge in [0.25, 0.3) is 5.91 Å². The molecule has 0 saturated heterocycles. The molecule has 1 amide bonds. The number of fused-ring (bicyclic) bond motifs is 1. The average Bonchev–Trinajstić information content (AvgIpc) is 2.81. The molecular formula is C26H24N2O3. The summed E-state index contributed by atoms with van der Waals surface area (Å²) in [5.74, 6) is 0.00950. The highest BCUT2D eigenvalue weighted by Gasteiger charge is 2.15. The van der Waals surface area contributed by atoms with Crippen molar-refractivity contribution in [1.29, 1.82) is 0 Å². The van der Waals surface area contributed by atoms with Crippen LogP contribution in [-0.2, 0) is 6.54 Å². The van der Waals surface area contributed by atoms with Crippen molar-refractivity contribution in [1.82, 2.24) is 4.90 Å². The number of para-hydroxylation sites is 1. The maximum Gasteiger partial charge on any atom is 0.338 e. The van der Waals surface area contributed by atoms with Crippen LogP contribution in [0.1, 0.15) is 22.3 Å². The molecule has 1 heterocycles. The zero-order valence-corrected chi connectivity index (χ0v) is 17.2. The van der Waals surface area contributed by atoms with Crippen LogP contribution < -0.4 is 10.9 Å². The molecule has 0 fully saturated rings. The minimum Gasteiger partial charge on any atom is -0.423 e. The second-order valence-corrected chi connectivity index (χ2v) is 7.33. The molecule has 4 aromatic rings. The van der Waals surface area contributed by atoms with E-state index in [4.69, 9.17) is 4.42 Å². The molecule has 0 atom stereocenters. The first-order chi connectivity index (χ1) is 15.2. The van der Waals surface area contributed by atoms with Gasteiger partial charge in [-0.25, -0.2) is 4.79 Å². The Hall–Kier alpha value is -3.86. The fourth-order valence-corrected chi connectivity index (χ4v) is 3.57. The fraction of sp³-hybridized carbons (Fsp3) is 0.154. The normalized spacial score (nSPS) is 10.7. The number of benzene rings is 3. The van der Waals surface area contributed by atoms with Crippen molar-refractivity contribution in [3.05, 3.63) is 113 Å². The van der Waals surface area contributed by atoms with E-state index in [9.17, 15) is 9.59 Å². The molecule has 5 heteroatoms. The first-order valence-corrected chi connectivity index (χ1v) is 10.4. The second-order valence-electron chi connectivity index (χ2n) is 7.33. The smallest absolute Gasteiger partial charge is 0.338 e. The summed E-state index contributed by atoms with van der Waals surface area (Å²) in [6.07, 6.45) is 0.736. The minimum absolute atomic E-state index is 0.00950. The van der Waals surface area contributed by atoms with Crippen LogP contribution in [0, 0.1) is 0 Å². The van der Waals surface area contributed by atoms with E-state index in [2.05, 4.69) is 5.32 Å². The molecule has 0 bridgehead atoms. The van der Waals surface area contributed by atoms with Crippen LogP contribution in [0.3, 0.4) is 0 Å². The second kappa shape index (κ2) is 9.76. The summed E-state index contributed by atoms with van der Waals surface area (Å²) in [4.78, 5) is 26.8. The van der Waals surface area contributed by atoms with Gasteiger partial charge in [-0.3, -0.25) is 4.79 Å². The summed E-state index contributed by atoms with van der Waals surface area (Å²) < 4.78 is 5.25. The molecule has 0 unspecified atom stereocenters. The number of anilines is 1. The Morgan fingerprint density at radius 3 is 2.32 bits per heavy atom. The third kappa shape index (κ3) is 5.20. The van der Waals surface area contributed by atoms with Gasteiger partial charge in [0.05, 0.1) is 5.69 Å². The lowest BCUT2D eigenvalue weighted by atomic mass is 10.1. The molecule has 0 aliphatic carbocycles. The maximum absolute atomic E-state index is 13.1. The maximum atomic E-state index is 13.1. The van der Waals surface area contributed by atoms with Gasteiger partial charge in [-0.2, -0.15) is 0 Å². The quantitative estimate of drug-likeness (QED) is 0.329. The Morgan fingerprint density at radius 1 is 0.871 bits per heavy atom. The third-order valence-electron chi connectivity index (χ3n) is 5.09. The number of nitrogens with one attached hydrogen (secondary N) is 1. The van der Waals surface area contributed by atoms with E-state index < -0.39 is 0 Å². The molecule has 4 rings (SSSR count). The highest BCUT2D eigenvalue weighted by atomic mass is 16.4. The van der Waals surface area contributed by atoms with E-state index in [0.29, 0.717) is 30.8 Å². The van der Waals surface area contributed by atoms with E-state index in [1.807, 2.05) is 83.8 Å². The van der Waals surface area contributed by atoms with E-state index in [1.165, 1.54) is 6.07 Å². The number of carbonyl (C=O) groups is 1. The number of hydrogen-bond donors (Lipinski definition) is 1. The Bertz CT molecular complexity index is 1200. The molecule has 31 heavy (non-hydrogen) atoms. The number of rotatable bonds is 8. The first-order valence-electron chi connectivity index (χ1n) is 10.4. The molecule has 3 aromatic carbocycles. The lowest BCUT2D eigenvalue weighted by Gasteiger charge is -2.23. The molecule has 5 nitrogen and oxygen atoms in total. The Kier molecular flexibility index (Phi) is 6.43. The van der Waals surface area contributed by atoms with E-state index in [1.54, 1.807) is 6.07 Å². The molecule has 1 N–H and O–H groups in total. The van der Waals surface area contributed by atoms with E-state index in [0.717, 1.165) is 23.1 Å². The molecular weight excluding hydrogens is 388 g/mol. The predicted molar refractivity (Wildman–Crippen MR) is 123 cm³/mol. The van der Waals surface area contributed by atoms with Crippen LogP contribution in [0.15, 0.2) is 100 Å². The van der Waals surface area contributed by atoms with Crippen molar-refractivity contribution in [3.8, 4) is 0 Å². The predicted octanol–water partition coefficient (Wildman–Crippen LogP) is 4.94. The van der Waals surface area contributed by atoms with Crippen molar-refractivity contribution in [3.63, 3.8) is 0 Å². The highest BCUT2D eigenvalue weighted by molar-refractivity contribution is 5.94. The number of hydrogen-bond acceptors (Lipinski definition) is 4. The summed E-state index contributed by atoms with van der Waals surface area (Å²) in [7, 11) is 0. The van der Waals surface area contributed by atoms with Gasteiger partial charge in [0.2, 0.25) is 0 Å². The Morgan fingerprint density at radius 2 is 1.55 bits per heavy atom. The van der Waals surface area contributed by atoms with Gasteiger partial charge in [-0.1, -0.05) is 60.7 Å². The number of nitrogens with zero attached hydrogens (tertiary/aromatic N) is 1. The van der Waals surface area contributed by atoms with Gasteiger partial charge in [0.1, 0.15) is 5.58 Å². The van der Waals surface area contributed by atoms with Gasteiger partial charge in [0.15, 0.2) is 0 Å². The van der Waals surface area contributed by atoms with Crippen LogP contribution >= 0.6 is 0 Å². The van der Waals surface area contributed by atoms with Gasteiger partial charge in [0, 0.05) is 36.7 Å². The van der Waals surface area contributed by atoms with Crippen molar-refractivity contribution in [2.24, 2.45) is 0 Å². The third-order valence-corrected chi connectivity index (χ3v) is 5.09. The number of carbonyl (C=O) groups excluding carboxylic acids is 1.